The monoisotopic (exact) mass is 522 g/mol. The third kappa shape index (κ3) is 4.24. The first-order valence-corrected chi connectivity index (χ1v) is 13.7. The Kier molecular flexibility index (Phi) is 6.22. The fourth-order valence-electron chi connectivity index (χ4n) is 6.06. The molecule has 0 spiro atoms. The topological polar surface area (TPSA) is 34.2 Å². The first kappa shape index (κ1) is 24.2. The van der Waals surface area contributed by atoms with E-state index in [1.807, 2.05) is 30.3 Å². The largest absolute Gasteiger partial charge is 0.473 e. The predicted molar refractivity (Wildman–Crippen MR) is 153 cm³/mol. The number of hydrogen-bond donors (Lipinski definition) is 0. The molecule has 3 aliphatic heterocycles. The van der Waals surface area contributed by atoms with Crippen LogP contribution >= 0.6 is 0 Å². The smallest absolute Gasteiger partial charge is 0.181 e. The van der Waals surface area contributed by atoms with E-state index in [1.165, 1.54) is 11.5 Å². The Morgan fingerprint density at radius 1 is 0.692 bits per heavy atom. The van der Waals surface area contributed by atoms with Gasteiger partial charge in [-0.15, -0.1) is 0 Å². The van der Waals surface area contributed by atoms with Gasteiger partial charge in [0.15, 0.2) is 5.60 Å². The number of benzene rings is 4. The Balaban J connectivity index is 1.40. The maximum absolute atomic E-state index is 15.6. The molecule has 0 amide bonds. The fraction of sp³-hybridized carbons (Fsp3) is 0.273. The molecular weight excluding hydrogens is 491 g/mol. The number of halogens is 1. The van der Waals surface area contributed by atoms with Gasteiger partial charge < -0.3 is 24.0 Å². The number of hydrogen-bond acceptors (Lipinski definition) is 5. The Hall–Kier alpha value is -3.87. The van der Waals surface area contributed by atoms with Crippen LogP contribution in [0.15, 0.2) is 84.9 Å². The minimum atomic E-state index is -1.12. The Bertz CT molecular complexity index is 1540. The molecule has 198 valence electrons. The molecule has 4 aromatic carbocycles. The van der Waals surface area contributed by atoms with Gasteiger partial charge in [-0.2, -0.15) is 0 Å². The molecule has 39 heavy (non-hydrogen) atoms. The van der Waals surface area contributed by atoms with E-state index in [0.717, 1.165) is 59.8 Å². The predicted octanol–water partition coefficient (Wildman–Crippen LogP) is 6.00. The van der Waals surface area contributed by atoms with Crippen molar-refractivity contribution in [2.45, 2.75) is 5.60 Å². The quantitative estimate of drug-likeness (QED) is 0.328. The summed E-state index contributed by atoms with van der Waals surface area (Å²) in [5, 5.41) is 2.30. The van der Waals surface area contributed by atoms with E-state index >= 15 is 4.39 Å². The van der Waals surface area contributed by atoms with Crippen LogP contribution < -0.4 is 14.5 Å². The highest BCUT2D eigenvalue weighted by atomic mass is 19.1. The van der Waals surface area contributed by atoms with Crippen LogP contribution in [0.5, 0.6) is 5.75 Å². The lowest BCUT2D eigenvalue weighted by atomic mass is 9.82. The van der Waals surface area contributed by atoms with E-state index in [4.69, 9.17) is 14.2 Å². The number of fused-ring (bicyclic) bond motifs is 3. The summed E-state index contributed by atoms with van der Waals surface area (Å²) in [7, 11) is 0. The lowest BCUT2D eigenvalue weighted by molar-refractivity contribution is 0.122. The zero-order valence-electron chi connectivity index (χ0n) is 21.8. The van der Waals surface area contributed by atoms with Crippen LogP contribution in [0.2, 0.25) is 0 Å². The van der Waals surface area contributed by atoms with Crippen molar-refractivity contribution in [2.75, 3.05) is 62.4 Å². The molecule has 5 nitrogen and oxygen atoms in total. The summed E-state index contributed by atoms with van der Waals surface area (Å²) in [4.78, 5) is 4.67. The van der Waals surface area contributed by atoms with Gasteiger partial charge in [-0.1, -0.05) is 54.6 Å². The standard InChI is InChI=1S/C33H31FN2O3/c34-30-11-4-3-10-29(30)33(24-6-5-7-25(22-24)35-14-18-37-19-15-35)13-12-28-26-8-1-2-9-27(26)31(23-32(28)39-33)36-16-20-38-21-17-36/h1-13,22-23H,14-21H2/t33-/m1/s1. The summed E-state index contributed by atoms with van der Waals surface area (Å²) < 4.78 is 33.8. The Labute approximate surface area is 228 Å². The van der Waals surface area contributed by atoms with Gasteiger partial charge in [-0.05, 0) is 35.7 Å². The Morgan fingerprint density at radius 3 is 2.15 bits per heavy atom. The van der Waals surface area contributed by atoms with Crippen molar-refractivity contribution in [1.82, 2.24) is 0 Å². The van der Waals surface area contributed by atoms with E-state index in [0.29, 0.717) is 32.0 Å². The van der Waals surface area contributed by atoms with Crippen molar-refractivity contribution in [3.05, 3.63) is 107 Å². The summed E-state index contributed by atoms with van der Waals surface area (Å²) in [6.07, 6.45) is 4.13. The molecule has 1 atom stereocenters. The SMILES string of the molecule is Fc1ccccc1[C@]1(c2cccc(N3CCOCC3)c2)C=Cc2c(cc(N3CCOCC3)c3ccccc23)O1. The van der Waals surface area contributed by atoms with Crippen molar-refractivity contribution in [3.63, 3.8) is 0 Å². The van der Waals surface area contributed by atoms with Gasteiger partial charge in [0.05, 0.1) is 26.4 Å². The maximum Gasteiger partial charge on any atom is 0.181 e. The van der Waals surface area contributed by atoms with Crippen LogP contribution in [0.4, 0.5) is 15.8 Å². The van der Waals surface area contributed by atoms with E-state index in [9.17, 15) is 0 Å². The molecule has 0 unspecified atom stereocenters. The molecule has 2 fully saturated rings. The van der Waals surface area contributed by atoms with Crippen molar-refractivity contribution in [3.8, 4) is 5.75 Å². The average molecular weight is 523 g/mol. The molecule has 0 aliphatic carbocycles. The summed E-state index contributed by atoms with van der Waals surface area (Å²) in [6.45, 7) is 6.07. The molecule has 0 radical (unpaired) electrons. The van der Waals surface area contributed by atoms with Crippen molar-refractivity contribution >= 4 is 28.2 Å². The number of morpholine rings is 2. The summed E-state index contributed by atoms with van der Waals surface area (Å²) in [6, 6.07) is 25.8. The molecule has 4 aromatic rings. The second-order valence-electron chi connectivity index (χ2n) is 10.3. The van der Waals surface area contributed by atoms with Crippen molar-refractivity contribution in [1.29, 1.82) is 0 Å². The maximum atomic E-state index is 15.6. The third-order valence-corrected chi connectivity index (χ3v) is 8.06. The highest BCUT2D eigenvalue weighted by Crippen LogP contribution is 2.47. The highest BCUT2D eigenvalue weighted by Gasteiger charge is 2.40. The first-order chi connectivity index (χ1) is 19.2. The van der Waals surface area contributed by atoms with Gasteiger partial charge in [-0.3, -0.25) is 0 Å². The van der Waals surface area contributed by atoms with Crippen LogP contribution in [-0.2, 0) is 15.1 Å². The normalized spacial score (nSPS) is 21.1. The van der Waals surface area contributed by atoms with Crippen LogP contribution in [0, 0.1) is 5.82 Å². The van der Waals surface area contributed by atoms with Crippen molar-refractivity contribution in [2.24, 2.45) is 0 Å². The minimum Gasteiger partial charge on any atom is -0.473 e. The van der Waals surface area contributed by atoms with Gasteiger partial charge in [0, 0.05) is 65.7 Å². The summed E-state index contributed by atoms with van der Waals surface area (Å²) in [5.41, 5.74) is 3.48. The molecule has 6 heteroatoms. The van der Waals surface area contributed by atoms with Gasteiger partial charge in [0.25, 0.3) is 0 Å². The second-order valence-corrected chi connectivity index (χ2v) is 10.3. The summed E-state index contributed by atoms with van der Waals surface area (Å²) in [5.74, 6) is 0.453. The molecule has 3 aliphatic rings. The molecule has 2 saturated heterocycles. The fourth-order valence-corrected chi connectivity index (χ4v) is 6.06. The van der Waals surface area contributed by atoms with Gasteiger partial charge in [-0.25, -0.2) is 4.39 Å². The lowest BCUT2D eigenvalue weighted by Crippen LogP contribution is -2.38. The molecule has 3 heterocycles. The lowest BCUT2D eigenvalue weighted by Gasteiger charge is -2.38. The van der Waals surface area contributed by atoms with Crippen LogP contribution in [0.1, 0.15) is 16.7 Å². The molecule has 7 rings (SSSR count). The van der Waals surface area contributed by atoms with Gasteiger partial charge in [0.1, 0.15) is 11.6 Å². The zero-order valence-corrected chi connectivity index (χ0v) is 21.8. The van der Waals surface area contributed by atoms with Gasteiger partial charge >= 0.3 is 0 Å². The number of anilines is 2. The Morgan fingerprint density at radius 2 is 1.38 bits per heavy atom. The molecule has 0 saturated carbocycles. The van der Waals surface area contributed by atoms with E-state index < -0.39 is 5.60 Å². The third-order valence-electron chi connectivity index (χ3n) is 8.06. The highest BCUT2D eigenvalue weighted by molar-refractivity contribution is 6.02. The van der Waals surface area contributed by atoms with E-state index in [1.54, 1.807) is 6.07 Å². The van der Waals surface area contributed by atoms with Gasteiger partial charge in [0.2, 0.25) is 0 Å². The van der Waals surface area contributed by atoms with E-state index in [2.05, 4.69) is 58.3 Å². The zero-order chi connectivity index (χ0) is 26.2. The van der Waals surface area contributed by atoms with Crippen LogP contribution in [-0.4, -0.2) is 52.6 Å². The number of rotatable bonds is 4. The van der Waals surface area contributed by atoms with E-state index in [-0.39, 0.29) is 5.82 Å². The van der Waals surface area contributed by atoms with Crippen LogP contribution in [0.3, 0.4) is 0 Å². The second kappa shape index (κ2) is 10.0. The average Bonchev–Trinajstić information content (AvgIpc) is 3.01. The summed E-state index contributed by atoms with van der Waals surface area (Å²) >= 11 is 0. The van der Waals surface area contributed by atoms with Crippen LogP contribution in [0.25, 0.3) is 16.8 Å². The first-order valence-electron chi connectivity index (χ1n) is 13.7. The minimum absolute atomic E-state index is 0.295. The number of nitrogens with zero attached hydrogens (tertiary/aromatic N) is 2. The van der Waals surface area contributed by atoms with Crippen molar-refractivity contribution < 1.29 is 18.6 Å². The molecule has 0 N–H and O–H groups in total. The molecular formula is C33H31FN2O3. The molecule has 0 bridgehead atoms. The number of ether oxygens (including phenoxy) is 3. The molecule has 0 aromatic heterocycles.